The lowest BCUT2D eigenvalue weighted by Crippen LogP contribution is -2.34. The van der Waals surface area contributed by atoms with Gasteiger partial charge >= 0.3 is 0 Å². The molecule has 5 nitrogen and oxygen atoms in total. The summed E-state index contributed by atoms with van der Waals surface area (Å²) in [6, 6.07) is 4.14. The monoisotopic (exact) mass is 251 g/mol. The molecule has 0 radical (unpaired) electrons. The molecule has 1 fully saturated rings. The average Bonchev–Trinajstić information content (AvgIpc) is 2.57. The lowest BCUT2D eigenvalue weighted by atomic mass is 10.1. The summed E-state index contributed by atoms with van der Waals surface area (Å²) in [5.41, 5.74) is 5.55. The summed E-state index contributed by atoms with van der Waals surface area (Å²) in [7, 11) is 0. The highest BCUT2D eigenvalue weighted by molar-refractivity contribution is 5.99. The molecule has 18 heavy (non-hydrogen) atoms. The van der Waals surface area contributed by atoms with Crippen molar-refractivity contribution in [2.45, 2.75) is 6.42 Å². The second-order valence-corrected chi connectivity index (χ2v) is 4.09. The number of para-hydroxylation sites is 1. The maximum absolute atomic E-state index is 13.3. The van der Waals surface area contributed by atoms with Crippen molar-refractivity contribution < 1.29 is 14.0 Å². The Balaban J connectivity index is 2.20. The lowest BCUT2D eigenvalue weighted by Gasteiger charge is -2.20. The molecule has 0 spiro atoms. The SMILES string of the molecule is Nc1c(F)cccc1C(=O)N1CCNC(=O)CC1. The van der Waals surface area contributed by atoms with Gasteiger partial charge in [0.25, 0.3) is 5.91 Å². The molecule has 1 heterocycles. The Hall–Kier alpha value is -2.11. The van der Waals surface area contributed by atoms with Crippen LogP contribution in [0.25, 0.3) is 0 Å². The molecule has 0 atom stereocenters. The summed E-state index contributed by atoms with van der Waals surface area (Å²) in [5, 5.41) is 2.67. The van der Waals surface area contributed by atoms with Gasteiger partial charge in [0.15, 0.2) is 0 Å². The largest absolute Gasteiger partial charge is 0.396 e. The van der Waals surface area contributed by atoms with E-state index >= 15 is 0 Å². The van der Waals surface area contributed by atoms with Gasteiger partial charge in [0, 0.05) is 26.1 Å². The number of hydrogen-bond acceptors (Lipinski definition) is 3. The van der Waals surface area contributed by atoms with E-state index < -0.39 is 5.82 Å². The predicted octanol–water partition coefficient (Wildman–Crippen LogP) is 0.370. The molecule has 1 aliphatic heterocycles. The Morgan fingerprint density at radius 3 is 2.94 bits per heavy atom. The third kappa shape index (κ3) is 2.42. The number of halogens is 1. The number of benzene rings is 1. The number of nitrogens with one attached hydrogen (secondary N) is 1. The highest BCUT2D eigenvalue weighted by Gasteiger charge is 2.22. The van der Waals surface area contributed by atoms with Crippen LogP contribution in [-0.4, -0.2) is 36.3 Å². The van der Waals surface area contributed by atoms with Crippen molar-refractivity contribution in [3.05, 3.63) is 29.6 Å². The average molecular weight is 251 g/mol. The lowest BCUT2D eigenvalue weighted by molar-refractivity contribution is -0.120. The quantitative estimate of drug-likeness (QED) is 0.708. The molecule has 0 aromatic heterocycles. The molecule has 1 saturated heterocycles. The van der Waals surface area contributed by atoms with Crippen LogP contribution in [0.15, 0.2) is 18.2 Å². The number of nitrogen functional groups attached to an aromatic ring is 1. The van der Waals surface area contributed by atoms with Gasteiger partial charge in [-0.05, 0) is 12.1 Å². The highest BCUT2D eigenvalue weighted by atomic mass is 19.1. The van der Waals surface area contributed by atoms with E-state index in [1.165, 1.54) is 23.1 Å². The first kappa shape index (κ1) is 12.3. The molecule has 2 amide bonds. The van der Waals surface area contributed by atoms with Crippen molar-refractivity contribution >= 4 is 17.5 Å². The summed E-state index contributed by atoms with van der Waals surface area (Å²) in [6.07, 6.45) is 0.251. The molecule has 96 valence electrons. The Kier molecular flexibility index (Phi) is 3.45. The molecule has 0 bridgehead atoms. The van der Waals surface area contributed by atoms with Crippen molar-refractivity contribution in [3.8, 4) is 0 Å². The Morgan fingerprint density at radius 2 is 2.17 bits per heavy atom. The highest BCUT2D eigenvalue weighted by Crippen LogP contribution is 2.18. The molecule has 2 rings (SSSR count). The van der Waals surface area contributed by atoms with E-state index in [2.05, 4.69) is 5.32 Å². The minimum atomic E-state index is -0.607. The van der Waals surface area contributed by atoms with E-state index in [9.17, 15) is 14.0 Å². The molecule has 0 unspecified atom stereocenters. The van der Waals surface area contributed by atoms with Crippen LogP contribution in [0.5, 0.6) is 0 Å². The first-order valence-corrected chi connectivity index (χ1v) is 5.69. The van der Waals surface area contributed by atoms with Crippen molar-refractivity contribution in [2.24, 2.45) is 0 Å². The van der Waals surface area contributed by atoms with Crippen LogP contribution in [0.3, 0.4) is 0 Å². The zero-order chi connectivity index (χ0) is 13.1. The van der Waals surface area contributed by atoms with Crippen molar-refractivity contribution in [1.29, 1.82) is 0 Å². The van der Waals surface area contributed by atoms with E-state index in [-0.39, 0.29) is 29.5 Å². The number of nitrogens with two attached hydrogens (primary N) is 1. The summed E-state index contributed by atoms with van der Waals surface area (Å²) in [4.78, 5) is 24.9. The van der Waals surface area contributed by atoms with E-state index in [4.69, 9.17) is 5.73 Å². The fourth-order valence-corrected chi connectivity index (χ4v) is 1.86. The fourth-order valence-electron chi connectivity index (χ4n) is 1.86. The topological polar surface area (TPSA) is 75.4 Å². The Bertz CT molecular complexity index is 490. The van der Waals surface area contributed by atoms with E-state index in [1.54, 1.807) is 0 Å². The Labute approximate surface area is 104 Å². The van der Waals surface area contributed by atoms with Crippen LogP contribution < -0.4 is 11.1 Å². The van der Waals surface area contributed by atoms with E-state index in [0.717, 1.165) is 0 Å². The number of nitrogens with zero attached hydrogens (tertiary/aromatic N) is 1. The van der Waals surface area contributed by atoms with Gasteiger partial charge in [-0.25, -0.2) is 4.39 Å². The molecule has 1 aliphatic rings. The minimum absolute atomic E-state index is 0.0856. The van der Waals surface area contributed by atoms with Crippen molar-refractivity contribution in [1.82, 2.24) is 10.2 Å². The number of rotatable bonds is 1. The van der Waals surface area contributed by atoms with Crippen LogP contribution in [0.4, 0.5) is 10.1 Å². The summed E-state index contributed by atoms with van der Waals surface area (Å²) >= 11 is 0. The first-order chi connectivity index (χ1) is 8.59. The van der Waals surface area contributed by atoms with Gasteiger partial charge in [-0.2, -0.15) is 0 Å². The number of carbonyl (C=O) groups excluding carboxylic acids is 2. The second kappa shape index (κ2) is 5.03. The predicted molar refractivity (Wildman–Crippen MR) is 64.3 cm³/mol. The fraction of sp³-hybridized carbons (Fsp3) is 0.333. The summed E-state index contributed by atoms with van der Waals surface area (Å²) in [5.74, 6) is -1.04. The zero-order valence-electron chi connectivity index (χ0n) is 9.78. The molecular formula is C12H14FN3O2. The maximum atomic E-state index is 13.3. The first-order valence-electron chi connectivity index (χ1n) is 5.69. The molecule has 0 aliphatic carbocycles. The van der Waals surface area contributed by atoms with E-state index in [0.29, 0.717) is 19.6 Å². The van der Waals surface area contributed by atoms with Crippen LogP contribution in [0.2, 0.25) is 0 Å². The van der Waals surface area contributed by atoms with Crippen LogP contribution >= 0.6 is 0 Å². The van der Waals surface area contributed by atoms with Crippen molar-refractivity contribution in [3.63, 3.8) is 0 Å². The zero-order valence-corrected chi connectivity index (χ0v) is 9.78. The second-order valence-electron chi connectivity index (χ2n) is 4.09. The minimum Gasteiger partial charge on any atom is -0.396 e. The third-order valence-electron chi connectivity index (χ3n) is 2.88. The number of carbonyl (C=O) groups is 2. The van der Waals surface area contributed by atoms with Crippen molar-refractivity contribution in [2.75, 3.05) is 25.4 Å². The van der Waals surface area contributed by atoms with Gasteiger partial charge < -0.3 is 16.0 Å². The molecule has 1 aromatic carbocycles. The molecule has 3 N–H and O–H groups in total. The van der Waals surface area contributed by atoms with Gasteiger partial charge in [-0.1, -0.05) is 6.07 Å². The Morgan fingerprint density at radius 1 is 1.39 bits per heavy atom. The van der Waals surface area contributed by atoms with Gasteiger partial charge in [0.2, 0.25) is 5.91 Å². The number of anilines is 1. The third-order valence-corrected chi connectivity index (χ3v) is 2.88. The van der Waals surface area contributed by atoms with Crippen LogP contribution in [0.1, 0.15) is 16.8 Å². The normalized spacial score (nSPS) is 16.1. The molecule has 6 heteroatoms. The maximum Gasteiger partial charge on any atom is 0.256 e. The van der Waals surface area contributed by atoms with E-state index in [1.807, 2.05) is 0 Å². The molecule has 1 aromatic rings. The molecular weight excluding hydrogens is 237 g/mol. The standard InChI is InChI=1S/C12H14FN3O2/c13-9-3-1-2-8(11(9)14)12(18)16-6-4-10(17)15-5-7-16/h1-3H,4-7,14H2,(H,15,17). The summed E-state index contributed by atoms with van der Waals surface area (Å²) in [6.45, 7) is 1.13. The van der Waals surface area contributed by atoms with Gasteiger partial charge in [0.05, 0.1) is 11.3 Å². The van der Waals surface area contributed by atoms with Gasteiger partial charge in [-0.15, -0.1) is 0 Å². The summed E-state index contributed by atoms with van der Waals surface area (Å²) < 4.78 is 13.3. The van der Waals surface area contributed by atoms with Gasteiger partial charge in [-0.3, -0.25) is 9.59 Å². The smallest absolute Gasteiger partial charge is 0.256 e. The number of hydrogen-bond donors (Lipinski definition) is 2. The molecule has 0 saturated carbocycles. The van der Waals surface area contributed by atoms with Gasteiger partial charge in [0.1, 0.15) is 5.82 Å². The van der Waals surface area contributed by atoms with Crippen LogP contribution in [-0.2, 0) is 4.79 Å². The number of amides is 2. The van der Waals surface area contributed by atoms with Crippen LogP contribution in [0, 0.1) is 5.82 Å².